The van der Waals surface area contributed by atoms with E-state index in [1.807, 2.05) is 25.1 Å². The molecule has 4 nitrogen and oxygen atoms in total. The van der Waals surface area contributed by atoms with E-state index in [2.05, 4.69) is 27.2 Å². The van der Waals surface area contributed by atoms with Crippen LogP contribution in [-0.2, 0) is 11.3 Å². The van der Waals surface area contributed by atoms with Gasteiger partial charge in [-0.1, -0.05) is 41.9 Å². The van der Waals surface area contributed by atoms with Gasteiger partial charge in [-0.2, -0.15) is 5.10 Å². The molecule has 0 bridgehead atoms. The number of H-pyrrole nitrogens is 1. The molecule has 1 aliphatic rings. The average Bonchev–Trinajstić information content (AvgIpc) is 2.81. The molecule has 1 atom stereocenters. The summed E-state index contributed by atoms with van der Waals surface area (Å²) in [7, 11) is 0. The Morgan fingerprint density at radius 3 is 2.90 bits per heavy atom. The van der Waals surface area contributed by atoms with Gasteiger partial charge in [0.15, 0.2) is 0 Å². The zero-order valence-corrected chi connectivity index (χ0v) is 12.2. The predicted molar refractivity (Wildman–Crippen MR) is 78.7 cm³/mol. The minimum atomic E-state index is 0.128. The van der Waals surface area contributed by atoms with Crippen molar-refractivity contribution in [1.29, 1.82) is 0 Å². The van der Waals surface area contributed by atoms with Crippen molar-refractivity contribution < 1.29 is 4.74 Å². The highest BCUT2D eigenvalue weighted by atomic mass is 35.5. The third-order valence-electron chi connectivity index (χ3n) is 3.64. The van der Waals surface area contributed by atoms with Crippen molar-refractivity contribution in [3.8, 4) is 0 Å². The Hall–Kier alpha value is -1.36. The van der Waals surface area contributed by atoms with Crippen LogP contribution in [0, 0.1) is 6.92 Å². The lowest BCUT2D eigenvalue weighted by Crippen LogP contribution is -2.37. The van der Waals surface area contributed by atoms with Crippen LogP contribution in [0.25, 0.3) is 0 Å². The molecule has 1 aliphatic heterocycles. The lowest BCUT2D eigenvalue weighted by molar-refractivity contribution is -0.0332. The summed E-state index contributed by atoms with van der Waals surface area (Å²) in [5.41, 5.74) is 3.06. The van der Waals surface area contributed by atoms with Crippen LogP contribution in [0.4, 0.5) is 0 Å². The Morgan fingerprint density at radius 1 is 1.40 bits per heavy atom. The summed E-state index contributed by atoms with van der Waals surface area (Å²) >= 11 is 6.23. The van der Waals surface area contributed by atoms with Gasteiger partial charge in [-0.05, 0) is 12.5 Å². The molecule has 0 unspecified atom stereocenters. The first-order valence-electron chi connectivity index (χ1n) is 6.82. The van der Waals surface area contributed by atoms with Crippen LogP contribution in [0.1, 0.15) is 23.1 Å². The van der Waals surface area contributed by atoms with E-state index >= 15 is 0 Å². The zero-order valence-electron chi connectivity index (χ0n) is 11.5. The number of aromatic nitrogens is 2. The fraction of sp³-hybridized carbons (Fsp3) is 0.400. The molecule has 2 aromatic rings. The summed E-state index contributed by atoms with van der Waals surface area (Å²) in [5, 5.41) is 7.94. The van der Waals surface area contributed by atoms with Crippen molar-refractivity contribution in [2.75, 3.05) is 19.7 Å². The number of halogens is 1. The van der Waals surface area contributed by atoms with Crippen LogP contribution in [0.3, 0.4) is 0 Å². The summed E-state index contributed by atoms with van der Waals surface area (Å²) in [6, 6.07) is 10.3. The van der Waals surface area contributed by atoms with Crippen molar-refractivity contribution in [3.63, 3.8) is 0 Å². The number of morpholine rings is 1. The molecule has 1 saturated heterocycles. The Kier molecular flexibility index (Phi) is 4.05. The molecule has 0 amide bonds. The van der Waals surface area contributed by atoms with Gasteiger partial charge in [-0.25, -0.2) is 0 Å². The summed E-state index contributed by atoms with van der Waals surface area (Å²) in [4.78, 5) is 2.34. The number of aryl methyl sites for hydroxylation is 1. The number of nitrogens with zero attached hydrogens (tertiary/aromatic N) is 2. The van der Waals surface area contributed by atoms with E-state index in [-0.39, 0.29) is 6.10 Å². The second kappa shape index (κ2) is 5.95. The third kappa shape index (κ3) is 2.87. The molecule has 5 heteroatoms. The number of ether oxygens (including phenoxy) is 1. The average molecular weight is 292 g/mol. The SMILES string of the molecule is Cc1[nH]nc(CN2CCO[C@H](c3ccccc3)C2)c1Cl. The largest absolute Gasteiger partial charge is 0.371 e. The summed E-state index contributed by atoms with van der Waals surface area (Å²) in [5.74, 6) is 0. The molecule has 1 fully saturated rings. The summed E-state index contributed by atoms with van der Waals surface area (Å²) < 4.78 is 5.86. The molecule has 3 rings (SSSR count). The fourth-order valence-corrected chi connectivity index (χ4v) is 2.64. The minimum Gasteiger partial charge on any atom is -0.371 e. The lowest BCUT2D eigenvalue weighted by Gasteiger charge is -2.32. The molecular weight excluding hydrogens is 274 g/mol. The van der Waals surface area contributed by atoms with Crippen LogP contribution in [0.15, 0.2) is 30.3 Å². The second-order valence-electron chi connectivity index (χ2n) is 5.11. The van der Waals surface area contributed by atoms with Crippen LogP contribution in [0.5, 0.6) is 0 Å². The maximum atomic E-state index is 6.23. The van der Waals surface area contributed by atoms with Gasteiger partial charge >= 0.3 is 0 Å². The van der Waals surface area contributed by atoms with Gasteiger partial charge in [0.1, 0.15) is 0 Å². The van der Waals surface area contributed by atoms with Crippen molar-refractivity contribution in [2.24, 2.45) is 0 Å². The first-order valence-corrected chi connectivity index (χ1v) is 7.20. The molecule has 0 saturated carbocycles. The van der Waals surface area contributed by atoms with E-state index in [4.69, 9.17) is 16.3 Å². The summed E-state index contributed by atoms with van der Waals surface area (Å²) in [6.07, 6.45) is 0.128. The second-order valence-corrected chi connectivity index (χ2v) is 5.49. The topological polar surface area (TPSA) is 41.2 Å². The predicted octanol–water partition coefficient (Wildman–Crippen LogP) is 2.95. The van der Waals surface area contributed by atoms with Crippen molar-refractivity contribution in [3.05, 3.63) is 52.3 Å². The molecular formula is C15H18ClN3O. The van der Waals surface area contributed by atoms with Gasteiger partial charge in [0.2, 0.25) is 0 Å². The Balaban J connectivity index is 1.68. The van der Waals surface area contributed by atoms with Crippen molar-refractivity contribution >= 4 is 11.6 Å². The maximum Gasteiger partial charge on any atom is 0.0952 e. The number of hydrogen-bond acceptors (Lipinski definition) is 3. The van der Waals surface area contributed by atoms with E-state index < -0.39 is 0 Å². The van der Waals surface area contributed by atoms with Gasteiger partial charge in [-0.3, -0.25) is 10.00 Å². The maximum absolute atomic E-state index is 6.23. The number of rotatable bonds is 3. The zero-order chi connectivity index (χ0) is 13.9. The highest BCUT2D eigenvalue weighted by Crippen LogP contribution is 2.25. The smallest absolute Gasteiger partial charge is 0.0952 e. The van der Waals surface area contributed by atoms with Crippen LogP contribution in [-0.4, -0.2) is 34.8 Å². The number of benzene rings is 1. The number of aromatic amines is 1. The van der Waals surface area contributed by atoms with E-state index in [0.717, 1.165) is 42.7 Å². The monoisotopic (exact) mass is 291 g/mol. The molecule has 0 spiro atoms. The first-order chi connectivity index (χ1) is 9.74. The van der Waals surface area contributed by atoms with Crippen molar-refractivity contribution in [1.82, 2.24) is 15.1 Å². The third-order valence-corrected chi connectivity index (χ3v) is 4.14. The van der Waals surface area contributed by atoms with E-state index in [1.165, 1.54) is 5.56 Å². The summed E-state index contributed by atoms with van der Waals surface area (Å²) in [6.45, 7) is 5.21. The highest BCUT2D eigenvalue weighted by Gasteiger charge is 2.23. The van der Waals surface area contributed by atoms with E-state index in [0.29, 0.717) is 0 Å². The quantitative estimate of drug-likeness (QED) is 0.945. The van der Waals surface area contributed by atoms with Crippen LogP contribution in [0.2, 0.25) is 5.02 Å². The van der Waals surface area contributed by atoms with E-state index in [1.54, 1.807) is 0 Å². The van der Waals surface area contributed by atoms with Crippen molar-refractivity contribution in [2.45, 2.75) is 19.6 Å². The Morgan fingerprint density at radius 2 is 2.20 bits per heavy atom. The van der Waals surface area contributed by atoms with Gasteiger partial charge < -0.3 is 4.74 Å². The van der Waals surface area contributed by atoms with Crippen LogP contribution >= 0.6 is 11.6 Å². The van der Waals surface area contributed by atoms with E-state index in [9.17, 15) is 0 Å². The first kappa shape index (κ1) is 13.6. The number of hydrogen-bond donors (Lipinski definition) is 1. The molecule has 0 radical (unpaired) electrons. The Bertz CT molecular complexity index is 570. The standard InChI is InChI=1S/C15H18ClN3O/c1-11-15(16)13(18-17-11)9-19-7-8-20-14(10-19)12-5-3-2-4-6-12/h2-6,14H,7-10H2,1H3,(H,17,18)/t14-/m0/s1. The highest BCUT2D eigenvalue weighted by molar-refractivity contribution is 6.31. The molecule has 0 aliphatic carbocycles. The minimum absolute atomic E-state index is 0.128. The van der Waals surface area contributed by atoms with Gasteiger partial charge in [0.25, 0.3) is 0 Å². The van der Waals surface area contributed by atoms with Crippen LogP contribution < -0.4 is 0 Å². The van der Waals surface area contributed by atoms with Gasteiger partial charge in [-0.15, -0.1) is 0 Å². The molecule has 1 aromatic carbocycles. The molecule has 1 aromatic heterocycles. The molecule has 106 valence electrons. The Labute approximate surface area is 123 Å². The number of nitrogens with one attached hydrogen (secondary N) is 1. The normalized spacial score (nSPS) is 20.2. The molecule has 1 N–H and O–H groups in total. The van der Waals surface area contributed by atoms with Gasteiger partial charge in [0.05, 0.1) is 29.1 Å². The molecule has 2 heterocycles. The molecule has 20 heavy (non-hydrogen) atoms. The lowest BCUT2D eigenvalue weighted by atomic mass is 10.1. The van der Waals surface area contributed by atoms with Gasteiger partial charge in [0, 0.05) is 19.6 Å². The fourth-order valence-electron chi connectivity index (χ4n) is 2.50.